The van der Waals surface area contributed by atoms with Crippen LogP contribution in [0.5, 0.6) is 0 Å². The molecule has 0 aromatic heterocycles. The number of hydrogen-bond acceptors (Lipinski definition) is 4. The Morgan fingerprint density at radius 3 is 2.71 bits per heavy atom. The molecule has 4 saturated carbocycles. The molecule has 7 atom stereocenters. The Morgan fingerprint density at radius 2 is 2.00 bits per heavy atom. The van der Waals surface area contributed by atoms with Gasteiger partial charge < -0.3 is 20.3 Å². The molecule has 5 nitrogen and oxygen atoms in total. The summed E-state index contributed by atoms with van der Waals surface area (Å²) in [6.07, 6.45) is 16.5. The number of nitrogens with one attached hydrogen (secondary N) is 1. The maximum Gasteiger partial charge on any atom is 0.407 e. The lowest BCUT2D eigenvalue weighted by Crippen LogP contribution is -2.35. The van der Waals surface area contributed by atoms with E-state index in [2.05, 4.69) is 50.0 Å². The third-order valence-electron chi connectivity index (χ3n) is 9.19. The Kier molecular flexibility index (Phi) is 8.27. The molecule has 0 unspecified atom stereocenters. The van der Waals surface area contributed by atoms with Gasteiger partial charge in [-0.1, -0.05) is 44.2 Å². The monoisotopic (exact) mass is 483 g/mol. The van der Waals surface area contributed by atoms with E-state index < -0.39 is 12.2 Å². The van der Waals surface area contributed by atoms with Crippen LogP contribution >= 0.6 is 0 Å². The molecule has 0 radical (unpaired) electrons. The lowest BCUT2D eigenvalue weighted by molar-refractivity contribution is 0.0862. The molecule has 4 aliphatic rings. The van der Waals surface area contributed by atoms with Crippen molar-refractivity contribution in [2.45, 2.75) is 96.9 Å². The third kappa shape index (κ3) is 5.94. The molecule has 0 aromatic carbocycles. The molecule has 4 rings (SSSR count). The smallest absolute Gasteiger partial charge is 0.407 e. The number of aliphatic hydroxyl groups is 2. The summed E-state index contributed by atoms with van der Waals surface area (Å²) >= 11 is 0. The number of rotatable bonds is 7. The van der Waals surface area contributed by atoms with Crippen molar-refractivity contribution in [3.05, 3.63) is 47.6 Å². The van der Waals surface area contributed by atoms with E-state index in [1.54, 1.807) is 0 Å². The summed E-state index contributed by atoms with van der Waals surface area (Å²) in [5.41, 5.74) is 3.53. The van der Waals surface area contributed by atoms with Crippen LogP contribution in [0.3, 0.4) is 0 Å². The van der Waals surface area contributed by atoms with E-state index in [1.165, 1.54) is 31.3 Å². The number of alkyl carbamates (subject to hydrolysis) is 1. The fourth-order valence-electron chi connectivity index (χ4n) is 7.05. The Balaban J connectivity index is 1.45. The SMILES string of the molecule is C=C1C(=CC=C2CCC[C@]3(C)[C@@H]([C@H](C)C=C[C@@H](OC(=O)NCC)C4CC4)CC[C@@H]23)C[C@@H](O)C[C@@H]1O. The van der Waals surface area contributed by atoms with Crippen molar-refractivity contribution in [3.8, 4) is 0 Å². The fraction of sp³-hybridized carbons (Fsp3) is 0.700. The van der Waals surface area contributed by atoms with Crippen molar-refractivity contribution < 1.29 is 19.7 Å². The van der Waals surface area contributed by atoms with Gasteiger partial charge in [-0.3, -0.25) is 0 Å². The van der Waals surface area contributed by atoms with E-state index in [0.717, 1.165) is 30.4 Å². The lowest BCUT2D eigenvalue weighted by Gasteiger charge is -2.44. The lowest BCUT2D eigenvalue weighted by atomic mass is 9.61. The highest BCUT2D eigenvalue weighted by Crippen LogP contribution is 2.59. The summed E-state index contributed by atoms with van der Waals surface area (Å²) < 4.78 is 5.69. The zero-order valence-corrected chi connectivity index (χ0v) is 21.8. The Morgan fingerprint density at radius 1 is 1.23 bits per heavy atom. The highest BCUT2D eigenvalue weighted by Gasteiger charge is 2.50. The second-order valence-electron chi connectivity index (χ2n) is 11.6. The Labute approximate surface area is 211 Å². The molecule has 194 valence electrons. The van der Waals surface area contributed by atoms with Crippen molar-refractivity contribution in [2.75, 3.05) is 6.54 Å². The van der Waals surface area contributed by atoms with Gasteiger partial charge in [0, 0.05) is 13.0 Å². The summed E-state index contributed by atoms with van der Waals surface area (Å²) in [5.74, 6) is 2.09. The van der Waals surface area contributed by atoms with Crippen LogP contribution in [0, 0.1) is 29.1 Å². The number of allylic oxidation sites excluding steroid dienone is 4. The first-order valence-corrected chi connectivity index (χ1v) is 13.8. The summed E-state index contributed by atoms with van der Waals surface area (Å²) in [6, 6.07) is 0. The van der Waals surface area contributed by atoms with Gasteiger partial charge in [0.05, 0.1) is 12.2 Å². The molecule has 0 bridgehead atoms. The van der Waals surface area contributed by atoms with Gasteiger partial charge in [-0.25, -0.2) is 4.79 Å². The van der Waals surface area contributed by atoms with E-state index >= 15 is 0 Å². The molecule has 0 heterocycles. The van der Waals surface area contributed by atoms with Crippen LogP contribution in [0.2, 0.25) is 0 Å². The van der Waals surface area contributed by atoms with E-state index in [-0.39, 0.29) is 17.6 Å². The Hall–Kier alpha value is -1.85. The Bertz CT molecular complexity index is 885. The molecule has 4 aliphatic carbocycles. The van der Waals surface area contributed by atoms with Crippen molar-refractivity contribution in [1.29, 1.82) is 0 Å². The molecule has 35 heavy (non-hydrogen) atoms. The van der Waals surface area contributed by atoms with Gasteiger partial charge in [-0.05, 0) is 105 Å². The van der Waals surface area contributed by atoms with Crippen molar-refractivity contribution in [3.63, 3.8) is 0 Å². The topological polar surface area (TPSA) is 78.8 Å². The second kappa shape index (κ2) is 11.0. The van der Waals surface area contributed by atoms with Crippen LogP contribution in [-0.2, 0) is 4.74 Å². The van der Waals surface area contributed by atoms with Gasteiger partial charge in [-0.15, -0.1) is 0 Å². The van der Waals surface area contributed by atoms with Crippen LogP contribution in [0.4, 0.5) is 4.79 Å². The molecule has 0 aromatic rings. The minimum Gasteiger partial charge on any atom is -0.442 e. The van der Waals surface area contributed by atoms with Crippen molar-refractivity contribution >= 4 is 6.09 Å². The molecule has 5 heteroatoms. The number of hydrogen-bond donors (Lipinski definition) is 3. The van der Waals surface area contributed by atoms with E-state index in [1.807, 2.05) is 6.92 Å². The predicted molar refractivity (Wildman–Crippen MR) is 140 cm³/mol. The molecule has 4 fully saturated rings. The van der Waals surface area contributed by atoms with Gasteiger partial charge in [0.2, 0.25) is 0 Å². The molecule has 3 N–H and O–H groups in total. The van der Waals surface area contributed by atoms with Crippen LogP contribution in [-0.4, -0.2) is 41.2 Å². The second-order valence-corrected chi connectivity index (χ2v) is 11.6. The first kappa shape index (κ1) is 26.2. The van der Waals surface area contributed by atoms with E-state index in [4.69, 9.17) is 4.74 Å². The highest BCUT2D eigenvalue weighted by atomic mass is 16.6. The van der Waals surface area contributed by atoms with Crippen molar-refractivity contribution in [1.82, 2.24) is 5.32 Å². The first-order valence-electron chi connectivity index (χ1n) is 13.8. The minimum atomic E-state index is -0.639. The number of carbonyl (C=O) groups excluding carboxylic acids is 1. The first-order chi connectivity index (χ1) is 16.7. The quantitative estimate of drug-likeness (QED) is 0.397. The van der Waals surface area contributed by atoms with Gasteiger partial charge in [-0.2, -0.15) is 0 Å². The van der Waals surface area contributed by atoms with Crippen molar-refractivity contribution in [2.24, 2.45) is 29.1 Å². The van der Waals surface area contributed by atoms with Crippen LogP contribution in [0.15, 0.2) is 47.6 Å². The largest absolute Gasteiger partial charge is 0.442 e. The molecule has 0 saturated heterocycles. The van der Waals surface area contributed by atoms with E-state index in [0.29, 0.717) is 43.1 Å². The maximum atomic E-state index is 12.0. The highest BCUT2D eigenvalue weighted by molar-refractivity contribution is 5.67. The normalized spacial score (nSPS) is 37.5. The average Bonchev–Trinajstić information content (AvgIpc) is 3.59. The number of carbonyl (C=O) groups is 1. The maximum absolute atomic E-state index is 12.0. The zero-order valence-electron chi connectivity index (χ0n) is 21.8. The average molecular weight is 484 g/mol. The van der Waals surface area contributed by atoms with Crippen LogP contribution < -0.4 is 5.32 Å². The molecular weight excluding hydrogens is 438 g/mol. The third-order valence-corrected chi connectivity index (χ3v) is 9.19. The number of amides is 1. The number of aliphatic hydroxyl groups excluding tert-OH is 2. The van der Waals surface area contributed by atoms with Gasteiger partial charge in [0.25, 0.3) is 0 Å². The summed E-state index contributed by atoms with van der Waals surface area (Å²) in [6.45, 7) is 11.4. The summed E-state index contributed by atoms with van der Waals surface area (Å²) in [4.78, 5) is 12.0. The van der Waals surface area contributed by atoms with Crippen LogP contribution in [0.25, 0.3) is 0 Å². The zero-order chi connectivity index (χ0) is 25.2. The number of ether oxygens (including phenoxy) is 1. The molecule has 1 amide bonds. The summed E-state index contributed by atoms with van der Waals surface area (Å²) in [7, 11) is 0. The van der Waals surface area contributed by atoms with Crippen LogP contribution in [0.1, 0.15) is 78.6 Å². The van der Waals surface area contributed by atoms with Gasteiger partial charge in [0.1, 0.15) is 6.10 Å². The van der Waals surface area contributed by atoms with E-state index in [9.17, 15) is 15.0 Å². The summed E-state index contributed by atoms with van der Waals surface area (Å²) in [5, 5.41) is 23.0. The fourth-order valence-corrected chi connectivity index (χ4v) is 7.05. The van der Waals surface area contributed by atoms with Gasteiger partial charge in [0.15, 0.2) is 0 Å². The number of fused-ring (bicyclic) bond motifs is 1. The predicted octanol–water partition coefficient (Wildman–Crippen LogP) is 5.84. The van der Waals surface area contributed by atoms with Gasteiger partial charge >= 0.3 is 6.09 Å². The molecular formula is C30H45NO4. The standard InChI is InChI=1S/C30H45NO4/c1-5-31-29(34)35-28(22-10-11-22)15-8-19(2)25-13-14-26-21(7-6-16-30(25,26)4)9-12-23-17-24(32)18-27(33)20(23)3/h8-9,12,15,19,22,24-28,32-33H,3,5-7,10-11,13-14,16-18H2,1-2,4H3,(H,31,34)/t19-,24-,25-,26+,27+,28-,30-/m1/s1. The minimum absolute atomic E-state index is 0.114. The molecule has 0 aliphatic heterocycles. The molecule has 0 spiro atoms.